The lowest BCUT2D eigenvalue weighted by atomic mass is 10.0. The quantitative estimate of drug-likeness (QED) is 0.383. The zero-order valence-corrected chi connectivity index (χ0v) is 23.0. The molecule has 3 aromatic rings. The molecule has 3 atom stereocenters. The fourth-order valence-electron chi connectivity index (χ4n) is 5.70. The number of aromatic nitrogens is 1. The summed E-state index contributed by atoms with van der Waals surface area (Å²) in [6.45, 7) is 1.25. The van der Waals surface area contributed by atoms with E-state index < -0.39 is 15.9 Å². The van der Waals surface area contributed by atoms with Crippen LogP contribution in [0.5, 0.6) is 0 Å². The number of nitrogens with one attached hydrogen (secondary N) is 1. The molecule has 2 heterocycles. The first-order valence-electron chi connectivity index (χ1n) is 12.6. The van der Waals surface area contributed by atoms with Gasteiger partial charge in [0.15, 0.2) is 0 Å². The predicted molar refractivity (Wildman–Crippen MR) is 145 cm³/mol. The van der Waals surface area contributed by atoms with Crippen molar-refractivity contribution >= 4 is 44.8 Å². The smallest absolute Gasteiger partial charge is 0.264 e. The van der Waals surface area contributed by atoms with Crippen molar-refractivity contribution in [2.24, 2.45) is 5.92 Å². The molecular formula is C27H27Cl2N3O5S. The molecule has 11 heteroatoms. The zero-order valence-electron chi connectivity index (χ0n) is 20.7. The van der Waals surface area contributed by atoms with Crippen molar-refractivity contribution in [3.05, 3.63) is 69.4 Å². The lowest BCUT2D eigenvalue weighted by Crippen LogP contribution is -2.38. The van der Waals surface area contributed by atoms with Crippen LogP contribution in [0.4, 0.5) is 5.69 Å². The van der Waals surface area contributed by atoms with Gasteiger partial charge in [-0.15, -0.1) is 0 Å². The topological polar surface area (TPSA) is 102 Å². The molecule has 1 aliphatic heterocycles. The van der Waals surface area contributed by atoms with Crippen LogP contribution in [0.15, 0.2) is 47.0 Å². The molecule has 0 unspecified atom stereocenters. The van der Waals surface area contributed by atoms with E-state index in [0.29, 0.717) is 51.4 Å². The van der Waals surface area contributed by atoms with Crippen LogP contribution in [0.3, 0.4) is 0 Å². The van der Waals surface area contributed by atoms with E-state index in [-0.39, 0.29) is 6.10 Å². The monoisotopic (exact) mass is 575 g/mol. The van der Waals surface area contributed by atoms with Gasteiger partial charge in [-0.2, -0.15) is 0 Å². The third-order valence-electron chi connectivity index (χ3n) is 7.62. The molecule has 1 N–H and O–H groups in total. The Morgan fingerprint density at radius 3 is 2.45 bits per heavy atom. The maximum absolute atomic E-state index is 12.1. The van der Waals surface area contributed by atoms with Crippen LogP contribution in [0.1, 0.15) is 53.3 Å². The molecule has 2 bridgehead atoms. The summed E-state index contributed by atoms with van der Waals surface area (Å²) in [5.41, 5.74) is 3.59. The summed E-state index contributed by atoms with van der Waals surface area (Å²) in [6, 6.07) is 12.8. The Labute approximate surface area is 231 Å². The number of anilines is 1. The van der Waals surface area contributed by atoms with Crippen molar-refractivity contribution in [3.63, 3.8) is 0 Å². The van der Waals surface area contributed by atoms with Gasteiger partial charge in [0.25, 0.3) is 5.91 Å². The minimum absolute atomic E-state index is 0.118. The molecule has 2 aromatic carbocycles. The largest absolute Gasteiger partial charge is 0.373 e. The minimum atomic E-state index is -3.61. The second-order valence-electron chi connectivity index (χ2n) is 10.4. The van der Waals surface area contributed by atoms with Gasteiger partial charge in [0.05, 0.1) is 29.0 Å². The average molecular weight is 577 g/mol. The summed E-state index contributed by atoms with van der Waals surface area (Å²) < 4.78 is 36.9. The van der Waals surface area contributed by atoms with E-state index in [9.17, 15) is 13.2 Å². The molecular weight excluding hydrogens is 549 g/mol. The molecule has 3 fully saturated rings. The Balaban J connectivity index is 1.13. The number of piperidine rings is 1. The van der Waals surface area contributed by atoms with Crippen LogP contribution in [-0.4, -0.2) is 44.4 Å². The van der Waals surface area contributed by atoms with Gasteiger partial charge in [-0.25, -0.2) is 13.1 Å². The number of ether oxygens (including phenoxy) is 1. The van der Waals surface area contributed by atoms with E-state index in [0.717, 1.165) is 55.5 Å². The molecule has 38 heavy (non-hydrogen) atoms. The van der Waals surface area contributed by atoms with E-state index in [1.165, 1.54) is 0 Å². The van der Waals surface area contributed by atoms with Crippen molar-refractivity contribution in [2.75, 3.05) is 17.7 Å². The van der Waals surface area contributed by atoms with Gasteiger partial charge < -0.3 is 14.2 Å². The van der Waals surface area contributed by atoms with E-state index in [4.69, 9.17) is 32.5 Å². The van der Waals surface area contributed by atoms with Gasteiger partial charge in [0.1, 0.15) is 11.5 Å². The van der Waals surface area contributed by atoms with Gasteiger partial charge in [-0.1, -0.05) is 34.4 Å². The first-order chi connectivity index (χ1) is 18.2. The van der Waals surface area contributed by atoms with Gasteiger partial charge in [0.2, 0.25) is 10.0 Å². The number of benzene rings is 2. The first-order valence-corrected chi connectivity index (χ1v) is 15.3. The summed E-state index contributed by atoms with van der Waals surface area (Å²) in [5, 5.41) is 5.42. The Bertz CT molecular complexity index is 1470. The van der Waals surface area contributed by atoms with Crippen molar-refractivity contribution < 1.29 is 22.5 Å². The van der Waals surface area contributed by atoms with Gasteiger partial charge >= 0.3 is 0 Å². The minimum Gasteiger partial charge on any atom is -0.373 e. The fraction of sp³-hybridized carbons (Fsp3) is 0.407. The zero-order chi connectivity index (χ0) is 26.6. The van der Waals surface area contributed by atoms with Crippen LogP contribution < -0.4 is 9.62 Å². The normalized spacial score (nSPS) is 22.7. The van der Waals surface area contributed by atoms with Crippen molar-refractivity contribution in [2.45, 2.75) is 50.4 Å². The number of nitrogens with zero attached hydrogens (tertiary/aromatic N) is 2. The average Bonchev–Trinajstić information content (AvgIpc) is 3.32. The number of hydrogen-bond donors (Lipinski definition) is 1. The maximum Gasteiger partial charge on any atom is 0.264 e. The van der Waals surface area contributed by atoms with E-state index >= 15 is 0 Å². The predicted octanol–water partition coefficient (Wildman–Crippen LogP) is 5.40. The maximum atomic E-state index is 12.1. The number of rotatable bonds is 8. The summed E-state index contributed by atoms with van der Waals surface area (Å²) in [6.07, 6.45) is 5.16. The van der Waals surface area contributed by atoms with Gasteiger partial charge in [-0.3, -0.25) is 4.79 Å². The highest BCUT2D eigenvalue weighted by molar-refractivity contribution is 7.89. The first kappa shape index (κ1) is 25.7. The van der Waals surface area contributed by atoms with Crippen LogP contribution in [0, 0.1) is 5.92 Å². The Kier molecular flexibility index (Phi) is 6.66. The SMILES string of the molecule is CS(=O)(=O)NC(=O)c1ccc(N2C[C@@H]3C[C@H]2C[C@H]3OCc2c(-c3c(Cl)cccc3Cl)noc2C2CC2)cc1. The third kappa shape index (κ3) is 5.04. The number of sulfonamides is 1. The standard InChI is InChI=1S/C27H27Cl2N3O5S/c1-38(34,35)31-27(33)16-7-9-18(10-8-16)32-13-17-11-19(32)12-23(17)36-14-20-25(30-37-26(20)15-5-6-15)24-21(28)3-2-4-22(24)29/h2-4,7-10,15,17,19,23H,5-6,11-14H2,1H3,(H,31,33)/t17-,19-,23+/m0/s1. The summed E-state index contributed by atoms with van der Waals surface area (Å²) in [4.78, 5) is 14.4. The Morgan fingerprint density at radius 1 is 1.13 bits per heavy atom. The number of amides is 1. The van der Waals surface area contributed by atoms with Crippen LogP contribution in [0.25, 0.3) is 11.3 Å². The molecule has 6 rings (SSSR count). The summed E-state index contributed by atoms with van der Waals surface area (Å²) in [5.74, 6) is 0.992. The molecule has 2 aliphatic carbocycles. The number of hydrogen-bond acceptors (Lipinski definition) is 7. The summed E-state index contributed by atoms with van der Waals surface area (Å²) >= 11 is 13.0. The van der Waals surface area contributed by atoms with Crippen LogP contribution >= 0.6 is 23.2 Å². The van der Waals surface area contributed by atoms with Crippen molar-refractivity contribution in [1.82, 2.24) is 9.88 Å². The number of carbonyl (C=O) groups excluding carboxylic acids is 1. The van der Waals surface area contributed by atoms with E-state index in [2.05, 4.69) is 10.1 Å². The van der Waals surface area contributed by atoms with Gasteiger partial charge in [-0.05, 0) is 62.1 Å². The van der Waals surface area contributed by atoms with Crippen LogP contribution in [0.2, 0.25) is 10.0 Å². The molecule has 8 nitrogen and oxygen atoms in total. The van der Waals surface area contributed by atoms with E-state index in [1.807, 2.05) is 22.9 Å². The lowest BCUT2D eigenvalue weighted by molar-refractivity contribution is 0.0122. The van der Waals surface area contributed by atoms with E-state index in [1.54, 1.807) is 24.3 Å². The van der Waals surface area contributed by atoms with Crippen LogP contribution in [-0.2, 0) is 21.4 Å². The molecule has 3 aliphatic rings. The molecule has 1 amide bonds. The lowest BCUT2D eigenvalue weighted by Gasteiger charge is -2.33. The van der Waals surface area contributed by atoms with Crippen molar-refractivity contribution in [3.8, 4) is 11.3 Å². The molecule has 200 valence electrons. The number of carbonyl (C=O) groups is 1. The number of halogens is 2. The van der Waals surface area contributed by atoms with Gasteiger partial charge in [0, 0.05) is 46.8 Å². The fourth-order valence-corrected chi connectivity index (χ4v) is 6.73. The highest BCUT2D eigenvalue weighted by Gasteiger charge is 2.45. The molecule has 0 spiro atoms. The molecule has 1 saturated heterocycles. The molecule has 2 saturated carbocycles. The second kappa shape index (κ2) is 9.86. The molecule has 1 aromatic heterocycles. The highest BCUT2D eigenvalue weighted by atomic mass is 35.5. The third-order valence-corrected chi connectivity index (χ3v) is 8.81. The Morgan fingerprint density at radius 2 is 1.84 bits per heavy atom. The van der Waals surface area contributed by atoms with Crippen molar-refractivity contribution in [1.29, 1.82) is 0 Å². The molecule has 0 radical (unpaired) electrons. The highest BCUT2D eigenvalue weighted by Crippen LogP contribution is 2.47. The number of fused-ring (bicyclic) bond motifs is 2. The summed E-state index contributed by atoms with van der Waals surface area (Å²) in [7, 11) is -3.61. The Hall–Kier alpha value is -2.59. The second-order valence-corrected chi connectivity index (χ2v) is 12.9.